The van der Waals surface area contributed by atoms with E-state index in [4.69, 9.17) is 30.6 Å². The van der Waals surface area contributed by atoms with Crippen molar-refractivity contribution in [3.8, 4) is 11.5 Å². The van der Waals surface area contributed by atoms with Crippen LogP contribution in [0.4, 0.5) is 0 Å². The predicted octanol–water partition coefficient (Wildman–Crippen LogP) is 4.81. The van der Waals surface area contributed by atoms with E-state index in [1.807, 2.05) is 6.92 Å². The SMILES string of the molecule is CCC/C(=N\OCc1cc2c(cc1Cl)OCO2)C1=C(O)CC2(CCCC2)OC1=O. The summed E-state index contributed by atoms with van der Waals surface area (Å²) in [6.07, 6.45) is 5.14. The molecule has 1 N–H and O–H groups in total. The monoisotopic (exact) mass is 421 g/mol. The third-order valence-corrected chi connectivity index (χ3v) is 5.87. The third-order valence-electron chi connectivity index (χ3n) is 5.52. The van der Waals surface area contributed by atoms with Gasteiger partial charge in [-0.2, -0.15) is 0 Å². The molecule has 2 heterocycles. The maximum absolute atomic E-state index is 12.7. The second-order valence-corrected chi connectivity index (χ2v) is 8.04. The first-order valence-electron chi connectivity index (χ1n) is 9.94. The maximum Gasteiger partial charge on any atom is 0.344 e. The molecule has 1 saturated carbocycles. The molecular weight excluding hydrogens is 398 g/mol. The molecule has 1 aliphatic carbocycles. The number of esters is 1. The highest BCUT2D eigenvalue weighted by Crippen LogP contribution is 2.42. The maximum atomic E-state index is 12.7. The van der Waals surface area contributed by atoms with Crippen molar-refractivity contribution in [3.63, 3.8) is 0 Å². The molecule has 0 unspecified atom stereocenters. The summed E-state index contributed by atoms with van der Waals surface area (Å²) in [4.78, 5) is 18.2. The lowest BCUT2D eigenvalue weighted by atomic mass is 9.90. The van der Waals surface area contributed by atoms with Gasteiger partial charge >= 0.3 is 5.97 Å². The molecule has 156 valence electrons. The second kappa shape index (κ2) is 8.14. The minimum absolute atomic E-state index is 0.0417. The Morgan fingerprint density at radius 1 is 1.28 bits per heavy atom. The highest BCUT2D eigenvalue weighted by Gasteiger charge is 2.44. The van der Waals surface area contributed by atoms with Crippen LogP contribution in [0, 0.1) is 0 Å². The molecule has 0 aromatic heterocycles. The molecule has 0 saturated heterocycles. The van der Waals surface area contributed by atoms with Crippen LogP contribution in [0.3, 0.4) is 0 Å². The first-order chi connectivity index (χ1) is 14.0. The van der Waals surface area contributed by atoms with Crippen LogP contribution in [-0.2, 0) is 21.0 Å². The number of rotatable bonds is 6. The Labute approximate surface area is 174 Å². The van der Waals surface area contributed by atoms with Crippen molar-refractivity contribution in [2.75, 3.05) is 6.79 Å². The fourth-order valence-electron chi connectivity index (χ4n) is 4.08. The normalized spacial score (nSPS) is 20.3. The van der Waals surface area contributed by atoms with E-state index in [0.717, 1.165) is 32.1 Å². The number of hydrogen-bond donors (Lipinski definition) is 1. The van der Waals surface area contributed by atoms with Crippen molar-refractivity contribution in [3.05, 3.63) is 34.1 Å². The van der Waals surface area contributed by atoms with Crippen LogP contribution in [0.15, 0.2) is 28.6 Å². The Bertz CT molecular complexity index is 872. The van der Waals surface area contributed by atoms with Gasteiger partial charge in [0.25, 0.3) is 0 Å². The number of nitrogens with zero attached hydrogens (tertiary/aromatic N) is 1. The smallest absolute Gasteiger partial charge is 0.344 e. The zero-order valence-electron chi connectivity index (χ0n) is 16.3. The van der Waals surface area contributed by atoms with Crippen LogP contribution in [0.2, 0.25) is 5.02 Å². The molecule has 8 heteroatoms. The largest absolute Gasteiger partial charge is 0.511 e. The van der Waals surface area contributed by atoms with E-state index >= 15 is 0 Å². The van der Waals surface area contributed by atoms with Gasteiger partial charge in [0, 0.05) is 18.1 Å². The molecule has 0 bridgehead atoms. The number of fused-ring (bicyclic) bond motifs is 1. The van der Waals surface area contributed by atoms with Crippen LogP contribution in [0.25, 0.3) is 0 Å². The third kappa shape index (κ3) is 4.01. The Morgan fingerprint density at radius 2 is 2.00 bits per heavy atom. The van der Waals surface area contributed by atoms with Gasteiger partial charge in [0.15, 0.2) is 11.5 Å². The fourth-order valence-corrected chi connectivity index (χ4v) is 4.29. The van der Waals surface area contributed by atoms with Crippen LogP contribution in [0.1, 0.15) is 57.4 Å². The number of hydrogen-bond acceptors (Lipinski definition) is 7. The predicted molar refractivity (Wildman–Crippen MR) is 106 cm³/mol. The van der Waals surface area contributed by atoms with Gasteiger partial charge in [-0.05, 0) is 38.2 Å². The Morgan fingerprint density at radius 3 is 2.69 bits per heavy atom. The summed E-state index contributed by atoms with van der Waals surface area (Å²) in [5, 5.41) is 15.2. The number of ether oxygens (including phenoxy) is 3. The van der Waals surface area contributed by atoms with Crippen molar-refractivity contribution < 1.29 is 28.9 Å². The van der Waals surface area contributed by atoms with Crippen molar-refractivity contribution in [1.29, 1.82) is 0 Å². The Kier molecular flexibility index (Phi) is 5.58. The van der Waals surface area contributed by atoms with E-state index in [0.29, 0.717) is 40.6 Å². The standard InChI is InChI=1S/C21H24ClNO6/c1-2-5-15(19-16(24)10-21(29-20(19)25)6-3-4-7-21)23-28-11-13-8-17-18(9-14(13)22)27-12-26-17/h8-9,24H,2-7,10-12H2,1H3/b23-15+. The van der Waals surface area contributed by atoms with E-state index < -0.39 is 11.6 Å². The van der Waals surface area contributed by atoms with Crippen LogP contribution in [0.5, 0.6) is 11.5 Å². The minimum atomic E-state index is -0.553. The molecule has 4 rings (SSSR count). The summed E-state index contributed by atoms with van der Waals surface area (Å²) in [6, 6.07) is 3.42. The fraction of sp³-hybridized carbons (Fsp3) is 0.524. The molecule has 1 spiro atoms. The van der Waals surface area contributed by atoms with Gasteiger partial charge in [0.2, 0.25) is 6.79 Å². The minimum Gasteiger partial charge on any atom is -0.511 e. The first-order valence-corrected chi connectivity index (χ1v) is 10.3. The highest BCUT2D eigenvalue weighted by atomic mass is 35.5. The van der Waals surface area contributed by atoms with Gasteiger partial charge in [-0.25, -0.2) is 4.79 Å². The number of carbonyl (C=O) groups excluding carboxylic acids is 1. The van der Waals surface area contributed by atoms with E-state index in [-0.39, 0.29) is 24.7 Å². The number of aliphatic hydroxyl groups excluding tert-OH is 1. The van der Waals surface area contributed by atoms with Crippen molar-refractivity contribution in [2.24, 2.45) is 5.16 Å². The summed E-state index contributed by atoms with van der Waals surface area (Å²) in [6.45, 7) is 2.22. The molecule has 1 aromatic rings. The molecule has 0 radical (unpaired) electrons. The van der Waals surface area contributed by atoms with Gasteiger partial charge < -0.3 is 24.2 Å². The molecule has 29 heavy (non-hydrogen) atoms. The number of benzene rings is 1. The zero-order valence-corrected chi connectivity index (χ0v) is 17.1. The van der Waals surface area contributed by atoms with Crippen molar-refractivity contribution >= 4 is 23.3 Å². The lowest BCUT2D eigenvalue weighted by molar-refractivity contribution is -0.157. The topological polar surface area (TPSA) is 86.6 Å². The van der Waals surface area contributed by atoms with E-state index in [9.17, 15) is 9.90 Å². The molecule has 1 aromatic carbocycles. The Hall–Kier alpha value is -2.41. The van der Waals surface area contributed by atoms with Gasteiger partial charge in [-0.3, -0.25) is 0 Å². The van der Waals surface area contributed by atoms with Crippen molar-refractivity contribution in [1.82, 2.24) is 0 Å². The average molecular weight is 422 g/mol. The quantitative estimate of drug-likeness (QED) is 0.403. The molecule has 0 amide bonds. The van der Waals surface area contributed by atoms with E-state index in [2.05, 4.69) is 5.16 Å². The van der Waals surface area contributed by atoms with Gasteiger partial charge in [-0.1, -0.05) is 30.1 Å². The van der Waals surface area contributed by atoms with Crippen LogP contribution >= 0.6 is 11.6 Å². The number of halogens is 1. The summed E-state index contributed by atoms with van der Waals surface area (Å²) in [5.74, 6) is 0.714. The summed E-state index contributed by atoms with van der Waals surface area (Å²) >= 11 is 6.26. The number of aliphatic hydroxyl groups is 1. The lowest BCUT2D eigenvalue weighted by Crippen LogP contribution is -2.39. The van der Waals surface area contributed by atoms with Crippen molar-refractivity contribution in [2.45, 2.75) is 64.1 Å². The average Bonchev–Trinajstić information content (AvgIpc) is 3.30. The molecule has 2 aliphatic heterocycles. The highest BCUT2D eigenvalue weighted by molar-refractivity contribution is 6.31. The van der Waals surface area contributed by atoms with Gasteiger partial charge in [0.05, 0.1) is 10.7 Å². The summed E-state index contributed by atoms with van der Waals surface area (Å²) < 4.78 is 16.4. The van der Waals surface area contributed by atoms with E-state index in [1.54, 1.807) is 12.1 Å². The van der Waals surface area contributed by atoms with Gasteiger partial charge in [-0.15, -0.1) is 0 Å². The Balaban J connectivity index is 1.52. The van der Waals surface area contributed by atoms with E-state index in [1.165, 1.54) is 0 Å². The molecule has 1 fully saturated rings. The van der Waals surface area contributed by atoms with Gasteiger partial charge in [0.1, 0.15) is 23.5 Å². The summed E-state index contributed by atoms with van der Waals surface area (Å²) in [5.41, 5.74) is 0.647. The number of oxime groups is 1. The molecule has 0 atom stereocenters. The lowest BCUT2D eigenvalue weighted by Gasteiger charge is -2.33. The van der Waals surface area contributed by atoms with Crippen LogP contribution < -0.4 is 9.47 Å². The molecule has 7 nitrogen and oxygen atoms in total. The molecule has 3 aliphatic rings. The molecular formula is C21H24ClNO6. The van der Waals surface area contributed by atoms with Crippen LogP contribution in [-0.4, -0.2) is 29.2 Å². The summed E-state index contributed by atoms with van der Waals surface area (Å²) in [7, 11) is 0. The number of carbonyl (C=O) groups is 1. The second-order valence-electron chi connectivity index (χ2n) is 7.64. The zero-order chi connectivity index (χ0) is 20.4. The first kappa shape index (κ1) is 19.9.